The van der Waals surface area contributed by atoms with Crippen LogP contribution in [0, 0.1) is 6.92 Å². The van der Waals surface area contributed by atoms with Crippen molar-refractivity contribution in [2.75, 3.05) is 13.2 Å². The first-order valence-corrected chi connectivity index (χ1v) is 9.02. The van der Waals surface area contributed by atoms with E-state index in [1.165, 1.54) is 5.56 Å². The van der Waals surface area contributed by atoms with Gasteiger partial charge in [0.15, 0.2) is 5.78 Å². The average Bonchev–Trinajstić information content (AvgIpc) is 2.66. The van der Waals surface area contributed by atoms with Crippen LogP contribution in [0.25, 0.3) is 0 Å². The maximum absolute atomic E-state index is 12.3. The number of carbonyl (C=O) groups excluding carboxylic acids is 2. The summed E-state index contributed by atoms with van der Waals surface area (Å²) in [6.45, 7) is 5.04. The van der Waals surface area contributed by atoms with Gasteiger partial charge in [-0.3, -0.25) is 14.6 Å². The molecule has 0 atom stereocenters. The highest BCUT2D eigenvalue weighted by Crippen LogP contribution is 2.20. The van der Waals surface area contributed by atoms with Crippen molar-refractivity contribution in [3.8, 4) is 5.75 Å². The number of hydrogen-bond acceptors (Lipinski definition) is 4. The van der Waals surface area contributed by atoms with E-state index in [4.69, 9.17) is 4.74 Å². The predicted octanol–water partition coefficient (Wildman–Crippen LogP) is 3.50. The summed E-state index contributed by atoms with van der Waals surface area (Å²) in [5.74, 6) is 0.676. The van der Waals surface area contributed by atoms with Crippen molar-refractivity contribution in [2.45, 2.75) is 39.5 Å². The summed E-state index contributed by atoms with van der Waals surface area (Å²) in [7, 11) is 0. The molecule has 0 saturated heterocycles. The van der Waals surface area contributed by atoms with Gasteiger partial charge >= 0.3 is 0 Å². The highest BCUT2D eigenvalue weighted by molar-refractivity contribution is 5.98. The molecule has 5 heteroatoms. The van der Waals surface area contributed by atoms with Crippen LogP contribution < -0.4 is 10.1 Å². The van der Waals surface area contributed by atoms with Crippen LogP contribution in [-0.2, 0) is 11.2 Å². The van der Waals surface area contributed by atoms with Gasteiger partial charge in [-0.25, -0.2) is 0 Å². The van der Waals surface area contributed by atoms with E-state index in [0.717, 1.165) is 24.2 Å². The zero-order valence-corrected chi connectivity index (χ0v) is 15.5. The maximum Gasteiger partial charge on any atom is 0.220 e. The molecule has 0 spiro atoms. The Morgan fingerprint density at radius 3 is 2.58 bits per heavy atom. The Bertz CT molecular complexity index is 729. The summed E-state index contributed by atoms with van der Waals surface area (Å²) in [6.07, 6.45) is 5.71. The maximum atomic E-state index is 12.3. The van der Waals surface area contributed by atoms with E-state index in [2.05, 4.69) is 10.3 Å². The van der Waals surface area contributed by atoms with Gasteiger partial charge in [0.2, 0.25) is 5.91 Å². The SMILES string of the molecule is CCOc1ccc(C(=O)CCC(=O)NCCCc2ccncc2)cc1C. The van der Waals surface area contributed by atoms with Crippen LogP contribution in [0.2, 0.25) is 0 Å². The Balaban J connectivity index is 1.69. The monoisotopic (exact) mass is 354 g/mol. The van der Waals surface area contributed by atoms with Crippen LogP contribution >= 0.6 is 0 Å². The molecule has 0 unspecified atom stereocenters. The van der Waals surface area contributed by atoms with E-state index >= 15 is 0 Å². The zero-order chi connectivity index (χ0) is 18.8. The highest BCUT2D eigenvalue weighted by atomic mass is 16.5. The highest BCUT2D eigenvalue weighted by Gasteiger charge is 2.11. The lowest BCUT2D eigenvalue weighted by atomic mass is 10.0. The lowest BCUT2D eigenvalue weighted by Gasteiger charge is -2.09. The second kappa shape index (κ2) is 10.3. The zero-order valence-electron chi connectivity index (χ0n) is 15.5. The van der Waals surface area contributed by atoms with E-state index < -0.39 is 0 Å². The molecule has 5 nitrogen and oxygen atoms in total. The van der Waals surface area contributed by atoms with Gasteiger partial charge in [0.1, 0.15) is 5.75 Å². The van der Waals surface area contributed by atoms with Crippen molar-refractivity contribution < 1.29 is 14.3 Å². The number of hydrogen-bond donors (Lipinski definition) is 1. The van der Waals surface area contributed by atoms with Crippen LogP contribution in [0.1, 0.15) is 47.7 Å². The Hall–Kier alpha value is -2.69. The van der Waals surface area contributed by atoms with E-state index in [9.17, 15) is 9.59 Å². The minimum Gasteiger partial charge on any atom is -0.494 e. The third-order valence-electron chi connectivity index (χ3n) is 4.09. The first-order valence-electron chi connectivity index (χ1n) is 9.02. The van der Waals surface area contributed by atoms with Gasteiger partial charge in [0.25, 0.3) is 0 Å². The second-order valence-corrected chi connectivity index (χ2v) is 6.15. The van der Waals surface area contributed by atoms with Gasteiger partial charge < -0.3 is 10.1 Å². The van der Waals surface area contributed by atoms with Gasteiger partial charge in [-0.15, -0.1) is 0 Å². The van der Waals surface area contributed by atoms with Crippen LogP contribution in [0.3, 0.4) is 0 Å². The number of aromatic nitrogens is 1. The number of Topliss-reactive ketones (excluding diaryl/α,β-unsaturated/α-hetero) is 1. The van der Waals surface area contributed by atoms with Crippen molar-refractivity contribution in [1.82, 2.24) is 10.3 Å². The molecule has 1 aromatic heterocycles. The Kier molecular flexibility index (Phi) is 7.80. The molecule has 0 radical (unpaired) electrons. The second-order valence-electron chi connectivity index (χ2n) is 6.15. The topological polar surface area (TPSA) is 68.3 Å². The standard InChI is InChI=1S/C21H26N2O3/c1-3-26-20-8-6-18(15-16(20)2)19(24)7-9-21(25)23-12-4-5-17-10-13-22-14-11-17/h6,8,10-11,13-15H,3-5,7,9,12H2,1-2H3,(H,23,25). The van der Waals surface area contributed by atoms with E-state index in [1.807, 2.05) is 38.1 Å². The molecule has 0 aliphatic carbocycles. The first kappa shape index (κ1) is 19.6. The molecule has 26 heavy (non-hydrogen) atoms. The van der Waals surface area contributed by atoms with Crippen LogP contribution in [0.4, 0.5) is 0 Å². The summed E-state index contributed by atoms with van der Waals surface area (Å²) in [5.41, 5.74) is 2.75. The van der Waals surface area contributed by atoms with Crippen molar-refractivity contribution in [1.29, 1.82) is 0 Å². The summed E-state index contributed by atoms with van der Waals surface area (Å²) in [5, 5.41) is 2.87. The lowest BCUT2D eigenvalue weighted by Crippen LogP contribution is -2.25. The lowest BCUT2D eigenvalue weighted by molar-refractivity contribution is -0.121. The average molecular weight is 354 g/mol. The third kappa shape index (κ3) is 6.31. The van der Waals surface area contributed by atoms with Crippen molar-refractivity contribution >= 4 is 11.7 Å². The minimum atomic E-state index is -0.0873. The molecule has 0 saturated carbocycles. The number of benzene rings is 1. The molecule has 0 aliphatic rings. The van der Waals surface area contributed by atoms with Crippen molar-refractivity contribution in [3.05, 3.63) is 59.4 Å². The molecule has 0 fully saturated rings. The van der Waals surface area contributed by atoms with Gasteiger partial charge in [0.05, 0.1) is 6.61 Å². The first-order chi connectivity index (χ1) is 12.6. The third-order valence-corrected chi connectivity index (χ3v) is 4.09. The Morgan fingerprint density at radius 1 is 1.12 bits per heavy atom. The number of pyridine rings is 1. The molecule has 1 amide bonds. The summed E-state index contributed by atoms with van der Waals surface area (Å²) < 4.78 is 5.48. The van der Waals surface area contributed by atoms with Crippen molar-refractivity contribution in [2.24, 2.45) is 0 Å². The summed E-state index contributed by atoms with van der Waals surface area (Å²) in [4.78, 5) is 28.1. The molecule has 2 rings (SSSR count). The van der Waals surface area contributed by atoms with Gasteiger partial charge in [0, 0.05) is 37.3 Å². The predicted molar refractivity (Wildman–Crippen MR) is 101 cm³/mol. The van der Waals surface area contributed by atoms with Crippen LogP contribution in [0.15, 0.2) is 42.7 Å². The largest absolute Gasteiger partial charge is 0.494 e. The molecular weight excluding hydrogens is 328 g/mol. The van der Waals surface area contributed by atoms with E-state index in [0.29, 0.717) is 18.7 Å². The summed E-state index contributed by atoms with van der Waals surface area (Å²) in [6, 6.07) is 9.33. The molecule has 138 valence electrons. The molecule has 1 heterocycles. The van der Waals surface area contributed by atoms with Gasteiger partial charge in [-0.05, 0) is 68.1 Å². The number of nitrogens with zero attached hydrogens (tertiary/aromatic N) is 1. The number of rotatable bonds is 10. The Labute approximate surface area is 154 Å². The fraction of sp³-hybridized carbons (Fsp3) is 0.381. The number of ether oxygens (including phenoxy) is 1. The van der Waals surface area contributed by atoms with Crippen molar-refractivity contribution in [3.63, 3.8) is 0 Å². The molecule has 0 bridgehead atoms. The van der Waals surface area contributed by atoms with Gasteiger partial charge in [-0.2, -0.15) is 0 Å². The van der Waals surface area contributed by atoms with E-state index in [-0.39, 0.29) is 24.5 Å². The smallest absolute Gasteiger partial charge is 0.220 e. The fourth-order valence-corrected chi connectivity index (χ4v) is 2.67. The normalized spacial score (nSPS) is 10.4. The number of carbonyl (C=O) groups is 2. The number of nitrogens with one attached hydrogen (secondary N) is 1. The molecule has 0 aliphatic heterocycles. The molecule has 1 N–H and O–H groups in total. The fourth-order valence-electron chi connectivity index (χ4n) is 2.67. The minimum absolute atomic E-state index is 0.0249. The molecule has 1 aromatic carbocycles. The van der Waals surface area contributed by atoms with E-state index in [1.54, 1.807) is 18.5 Å². The number of ketones is 1. The number of aryl methyl sites for hydroxylation is 2. The van der Waals surface area contributed by atoms with Crippen LogP contribution in [0.5, 0.6) is 5.75 Å². The molecular formula is C21H26N2O3. The molecule has 2 aromatic rings. The quantitative estimate of drug-likeness (QED) is 0.524. The Morgan fingerprint density at radius 2 is 1.88 bits per heavy atom. The van der Waals surface area contributed by atoms with Crippen LogP contribution in [-0.4, -0.2) is 29.8 Å². The van der Waals surface area contributed by atoms with Gasteiger partial charge in [-0.1, -0.05) is 0 Å². The summed E-state index contributed by atoms with van der Waals surface area (Å²) >= 11 is 0. The number of amides is 1.